The standard InChI is InChI=1S/C16H21NO3S/c18-16(15-9-5-2-6-10-15)17-11-12-21(19,20)13-14-7-3-1-4-8-14/h1-5,7-8,15H,6,9-13H2,(H,17,18)/t15-/m0/s1. The summed E-state index contributed by atoms with van der Waals surface area (Å²) in [6, 6.07) is 9.09. The molecule has 0 radical (unpaired) electrons. The lowest BCUT2D eigenvalue weighted by molar-refractivity contribution is -0.125. The molecule has 1 aliphatic rings. The molecule has 0 fully saturated rings. The van der Waals surface area contributed by atoms with Gasteiger partial charge in [0.25, 0.3) is 0 Å². The second-order valence-electron chi connectivity index (χ2n) is 5.35. The zero-order valence-corrected chi connectivity index (χ0v) is 12.8. The minimum atomic E-state index is -3.19. The van der Waals surface area contributed by atoms with Gasteiger partial charge in [0.05, 0.1) is 11.5 Å². The molecule has 1 aromatic rings. The van der Waals surface area contributed by atoms with E-state index in [0.717, 1.165) is 24.8 Å². The number of amides is 1. The second-order valence-corrected chi connectivity index (χ2v) is 7.53. The van der Waals surface area contributed by atoms with Crippen molar-refractivity contribution in [1.29, 1.82) is 0 Å². The molecule has 0 saturated carbocycles. The van der Waals surface area contributed by atoms with Crippen LogP contribution >= 0.6 is 0 Å². The van der Waals surface area contributed by atoms with Crippen LogP contribution in [-0.4, -0.2) is 26.6 Å². The Balaban J connectivity index is 1.77. The van der Waals surface area contributed by atoms with Gasteiger partial charge in [-0.15, -0.1) is 0 Å². The number of rotatable bonds is 6. The first-order valence-electron chi connectivity index (χ1n) is 7.24. The molecule has 1 atom stereocenters. The van der Waals surface area contributed by atoms with Crippen LogP contribution in [0.1, 0.15) is 24.8 Å². The van der Waals surface area contributed by atoms with Crippen molar-refractivity contribution in [3.05, 3.63) is 48.0 Å². The zero-order chi connectivity index (χ0) is 15.1. The molecule has 0 spiro atoms. The summed E-state index contributed by atoms with van der Waals surface area (Å²) in [5.74, 6) is -0.0346. The van der Waals surface area contributed by atoms with Crippen molar-refractivity contribution >= 4 is 15.7 Å². The summed E-state index contributed by atoms with van der Waals surface area (Å²) in [7, 11) is -3.19. The van der Waals surface area contributed by atoms with Crippen LogP contribution in [0.4, 0.5) is 0 Å². The highest BCUT2D eigenvalue weighted by Gasteiger charge is 2.19. The van der Waals surface area contributed by atoms with Gasteiger partial charge in [-0.05, 0) is 24.8 Å². The van der Waals surface area contributed by atoms with E-state index in [0.29, 0.717) is 0 Å². The zero-order valence-electron chi connectivity index (χ0n) is 12.0. The molecule has 0 aliphatic heterocycles. The molecule has 0 unspecified atom stereocenters. The molecule has 0 heterocycles. The first kappa shape index (κ1) is 15.8. The van der Waals surface area contributed by atoms with E-state index in [4.69, 9.17) is 0 Å². The number of carbonyl (C=O) groups excluding carboxylic acids is 1. The number of benzene rings is 1. The highest BCUT2D eigenvalue weighted by Crippen LogP contribution is 2.17. The maximum Gasteiger partial charge on any atom is 0.223 e. The van der Waals surface area contributed by atoms with Crippen LogP contribution < -0.4 is 5.32 Å². The van der Waals surface area contributed by atoms with Crippen molar-refractivity contribution in [1.82, 2.24) is 5.32 Å². The number of allylic oxidation sites excluding steroid dienone is 2. The van der Waals surface area contributed by atoms with E-state index in [1.54, 1.807) is 12.1 Å². The van der Waals surface area contributed by atoms with Gasteiger partial charge in [0.2, 0.25) is 5.91 Å². The number of carbonyl (C=O) groups is 1. The normalized spacial score (nSPS) is 18.4. The second kappa shape index (κ2) is 7.41. The predicted molar refractivity (Wildman–Crippen MR) is 83.4 cm³/mol. The topological polar surface area (TPSA) is 63.2 Å². The van der Waals surface area contributed by atoms with Crippen LogP contribution in [0.25, 0.3) is 0 Å². The molecule has 4 nitrogen and oxygen atoms in total. The molecule has 0 bridgehead atoms. The van der Waals surface area contributed by atoms with Gasteiger partial charge in [0.15, 0.2) is 9.84 Å². The van der Waals surface area contributed by atoms with Gasteiger partial charge in [-0.1, -0.05) is 42.5 Å². The van der Waals surface area contributed by atoms with Crippen molar-refractivity contribution in [3.63, 3.8) is 0 Å². The molecule has 21 heavy (non-hydrogen) atoms. The van der Waals surface area contributed by atoms with E-state index in [2.05, 4.69) is 11.4 Å². The van der Waals surface area contributed by atoms with Gasteiger partial charge < -0.3 is 5.32 Å². The molecule has 0 aromatic heterocycles. The number of sulfone groups is 1. The predicted octanol–water partition coefficient (Wildman–Crippen LogP) is 2.07. The highest BCUT2D eigenvalue weighted by molar-refractivity contribution is 7.90. The van der Waals surface area contributed by atoms with E-state index in [1.807, 2.05) is 24.3 Å². The Bertz CT molecular complexity index is 593. The number of nitrogens with one attached hydrogen (secondary N) is 1. The molecule has 1 aliphatic carbocycles. The molecular weight excluding hydrogens is 286 g/mol. The average Bonchev–Trinajstić information content (AvgIpc) is 2.48. The summed E-state index contributed by atoms with van der Waals surface area (Å²) >= 11 is 0. The Morgan fingerprint density at radius 1 is 1.19 bits per heavy atom. The first-order chi connectivity index (χ1) is 10.1. The van der Waals surface area contributed by atoms with Gasteiger partial charge >= 0.3 is 0 Å². The Morgan fingerprint density at radius 3 is 2.62 bits per heavy atom. The van der Waals surface area contributed by atoms with Gasteiger partial charge in [0.1, 0.15) is 0 Å². The minimum absolute atomic E-state index is 0.00757. The van der Waals surface area contributed by atoms with Crippen LogP contribution in [0, 0.1) is 5.92 Å². The van der Waals surface area contributed by atoms with E-state index < -0.39 is 9.84 Å². The van der Waals surface area contributed by atoms with Crippen LogP contribution in [0.3, 0.4) is 0 Å². The van der Waals surface area contributed by atoms with Crippen molar-refractivity contribution in [2.75, 3.05) is 12.3 Å². The summed E-state index contributed by atoms with van der Waals surface area (Å²) in [5, 5.41) is 2.74. The summed E-state index contributed by atoms with van der Waals surface area (Å²) < 4.78 is 24.0. The van der Waals surface area contributed by atoms with Crippen molar-refractivity contribution in [2.45, 2.75) is 25.0 Å². The smallest absolute Gasteiger partial charge is 0.223 e. The first-order valence-corrected chi connectivity index (χ1v) is 9.06. The fourth-order valence-corrected chi connectivity index (χ4v) is 3.66. The van der Waals surface area contributed by atoms with Crippen molar-refractivity contribution in [2.24, 2.45) is 5.92 Å². The molecule has 1 aromatic carbocycles. The Labute approximate surface area is 126 Å². The third-order valence-electron chi connectivity index (χ3n) is 3.58. The highest BCUT2D eigenvalue weighted by atomic mass is 32.2. The van der Waals surface area contributed by atoms with Crippen LogP contribution in [0.15, 0.2) is 42.5 Å². The Hall–Kier alpha value is -1.62. The maximum absolute atomic E-state index is 12.0. The molecule has 1 N–H and O–H groups in total. The van der Waals surface area contributed by atoms with E-state index in [1.165, 1.54) is 0 Å². The Kier molecular flexibility index (Phi) is 5.56. The van der Waals surface area contributed by atoms with Gasteiger partial charge in [-0.25, -0.2) is 8.42 Å². The summed E-state index contributed by atoms with van der Waals surface area (Å²) in [5.41, 5.74) is 0.779. The van der Waals surface area contributed by atoms with Gasteiger partial charge in [0, 0.05) is 12.5 Å². The van der Waals surface area contributed by atoms with Crippen molar-refractivity contribution < 1.29 is 13.2 Å². The summed E-state index contributed by atoms with van der Waals surface area (Å²) in [6.45, 7) is 0.189. The quantitative estimate of drug-likeness (QED) is 0.818. The molecule has 114 valence electrons. The summed E-state index contributed by atoms with van der Waals surface area (Å²) in [4.78, 5) is 11.9. The molecule has 1 amide bonds. The van der Waals surface area contributed by atoms with Crippen LogP contribution in [0.5, 0.6) is 0 Å². The SMILES string of the molecule is O=C(NCCS(=O)(=O)Cc1ccccc1)[C@H]1CC=CCC1. The van der Waals surface area contributed by atoms with Gasteiger partial charge in [-0.2, -0.15) is 0 Å². The van der Waals surface area contributed by atoms with Crippen LogP contribution in [0.2, 0.25) is 0 Å². The number of hydrogen-bond acceptors (Lipinski definition) is 3. The third kappa shape index (κ3) is 5.34. The fraction of sp³-hybridized carbons (Fsp3) is 0.438. The Morgan fingerprint density at radius 2 is 1.95 bits per heavy atom. The fourth-order valence-electron chi connectivity index (χ4n) is 2.41. The van der Waals surface area contributed by atoms with E-state index >= 15 is 0 Å². The van der Waals surface area contributed by atoms with Gasteiger partial charge in [-0.3, -0.25) is 4.79 Å². The molecule has 0 saturated heterocycles. The third-order valence-corrected chi connectivity index (χ3v) is 5.18. The molecule has 2 rings (SSSR count). The van der Waals surface area contributed by atoms with Crippen molar-refractivity contribution in [3.8, 4) is 0 Å². The minimum Gasteiger partial charge on any atom is -0.355 e. The number of hydrogen-bond donors (Lipinski definition) is 1. The monoisotopic (exact) mass is 307 g/mol. The van der Waals surface area contributed by atoms with Crippen LogP contribution in [-0.2, 0) is 20.4 Å². The average molecular weight is 307 g/mol. The summed E-state index contributed by atoms with van der Waals surface area (Å²) in [6.07, 6.45) is 6.61. The van der Waals surface area contributed by atoms with E-state index in [9.17, 15) is 13.2 Å². The maximum atomic E-state index is 12.0. The lowest BCUT2D eigenvalue weighted by Crippen LogP contribution is -2.34. The lowest BCUT2D eigenvalue weighted by Gasteiger charge is -2.17. The lowest BCUT2D eigenvalue weighted by atomic mass is 9.94. The molecule has 5 heteroatoms. The molecular formula is C16H21NO3S. The largest absolute Gasteiger partial charge is 0.355 e. The van der Waals surface area contributed by atoms with E-state index in [-0.39, 0.29) is 29.9 Å².